The lowest BCUT2D eigenvalue weighted by molar-refractivity contribution is -0.0776. The van der Waals surface area contributed by atoms with Crippen LogP contribution in [0.4, 0.5) is 0 Å². The molecule has 0 radical (unpaired) electrons. The van der Waals surface area contributed by atoms with Crippen molar-refractivity contribution >= 4 is 19.1 Å². The molecule has 5 rings (SSSR count). The van der Waals surface area contributed by atoms with E-state index in [1.54, 1.807) is 6.33 Å². The van der Waals surface area contributed by atoms with Gasteiger partial charge in [0, 0.05) is 56.7 Å². The zero-order valence-corrected chi connectivity index (χ0v) is 23.0. The summed E-state index contributed by atoms with van der Waals surface area (Å²) in [5.41, 5.74) is 2.58. The molecule has 0 spiro atoms. The van der Waals surface area contributed by atoms with Gasteiger partial charge in [0.05, 0.1) is 24.4 Å². The van der Waals surface area contributed by atoms with Gasteiger partial charge in [0.1, 0.15) is 24.2 Å². The van der Waals surface area contributed by atoms with Gasteiger partial charge < -0.3 is 14.6 Å². The quantitative estimate of drug-likeness (QED) is 0.349. The number of hydrogen-bond acceptors (Lipinski definition) is 7. The molecule has 5 heterocycles. The summed E-state index contributed by atoms with van der Waals surface area (Å²) < 4.78 is 10.0. The van der Waals surface area contributed by atoms with Gasteiger partial charge in [-0.05, 0) is 45.0 Å². The minimum Gasteiger partial charge on any atom is -0.361 e. The number of ether oxygens (including phenoxy) is 1. The van der Waals surface area contributed by atoms with Gasteiger partial charge in [-0.2, -0.15) is 10.4 Å². The first-order valence-electron chi connectivity index (χ1n) is 13.0. The highest BCUT2D eigenvalue weighted by Crippen LogP contribution is 2.40. The van der Waals surface area contributed by atoms with E-state index >= 15 is 0 Å². The van der Waals surface area contributed by atoms with Crippen LogP contribution in [0.5, 0.6) is 0 Å². The summed E-state index contributed by atoms with van der Waals surface area (Å²) in [6.07, 6.45) is 10.3. The van der Waals surface area contributed by atoms with Gasteiger partial charge >= 0.3 is 0 Å². The van der Waals surface area contributed by atoms with Crippen LogP contribution >= 0.6 is 0 Å². The lowest BCUT2D eigenvalue weighted by atomic mass is 9.78. The van der Waals surface area contributed by atoms with E-state index in [4.69, 9.17) is 9.84 Å². The van der Waals surface area contributed by atoms with Crippen LogP contribution in [0.3, 0.4) is 0 Å². The Morgan fingerprint density at radius 3 is 2.69 bits per heavy atom. The summed E-state index contributed by atoms with van der Waals surface area (Å²) in [5.74, 6) is 0. The van der Waals surface area contributed by atoms with Gasteiger partial charge in [0.2, 0.25) is 0 Å². The molecule has 1 N–H and O–H groups in total. The number of piperidine rings is 1. The van der Waals surface area contributed by atoms with Crippen LogP contribution in [-0.2, 0) is 17.0 Å². The molecule has 10 heteroatoms. The average molecular weight is 507 g/mol. The van der Waals surface area contributed by atoms with Crippen LogP contribution in [0, 0.1) is 11.3 Å². The van der Waals surface area contributed by atoms with E-state index in [1.165, 1.54) is 0 Å². The molecule has 2 aliphatic rings. The molecular weight excluding hydrogens is 468 g/mol. The number of nitrogens with zero attached hydrogens (tertiary/aromatic N) is 7. The number of aromatic nitrogens is 5. The van der Waals surface area contributed by atoms with Gasteiger partial charge in [0.15, 0.2) is 0 Å². The molecule has 0 bridgehead atoms. The molecule has 0 amide bonds. The van der Waals surface area contributed by atoms with Crippen LogP contribution in [0.1, 0.15) is 26.2 Å². The molecule has 192 valence electrons. The number of nitriles is 1. The van der Waals surface area contributed by atoms with Gasteiger partial charge in [-0.25, -0.2) is 9.97 Å². The topological polar surface area (TPSA) is 96.8 Å². The number of fused-ring (bicyclic) bond motifs is 1. The Kier molecular flexibility index (Phi) is 6.76. The molecule has 2 fully saturated rings. The largest absolute Gasteiger partial charge is 0.361 e. The molecule has 3 aromatic heterocycles. The Labute approximate surface area is 214 Å². The summed E-state index contributed by atoms with van der Waals surface area (Å²) in [6, 6.07) is 5.62. The second-order valence-corrected chi connectivity index (χ2v) is 17.6. The fourth-order valence-electron chi connectivity index (χ4n) is 5.40. The number of hydrogen-bond donors (Lipinski definition) is 1. The molecule has 9 nitrogen and oxygen atoms in total. The highest BCUT2D eigenvalue weighted by molar-refractivity contribution is 6.76. The Balaban J connectivity index is 1.34. The lowest BCUT2D eigenvalue weighted by Gasteiger charge is -2.57. The van der Waals surface area contributed by atoms with Crippen LogP contribution in [0.2, 0.25) is 25.7 Å². The first-order chi connectivity index (χ1) is 17.2. The predicted molar refractivity (Wildman–Crippen MR) is 143 cm³/mol. The maximum atomic E-state index is 9.64. The first-order valence-corrected chi connectivity index (χ1v) is 16.7. The number of rotatable bonds is 9. The van der Waals surface area contributed by atoms with Crippen molar-refractivity contribution in [2.75, 3.05) is 32.8 Å². The molecule has 2 saturated heterocycles. The third-order valence-electron chi connectivity index (χ3n) is 7.95. The van der Waals surface area contributed by atoms with Crippen molar-refractivity contribution in [2.24, 2.45) is 0 Å². The monoisotopic (exact) mass is 506 g/mol. The fourth-order valence-corrected chi connectivity index (χ4v) is 6.15. The standard InChI is InChI=1S/C26H38N8OSi/c1-25(7-10-28-11-8-25)33-17-26(18-33,6-9-27)34-16-21(15-31-34)23-22-5-12-32(24(22)30-19-29-23)20-35-13-14-36(2,3)4/h5,12,15-16,19,28H,6-8,10-11,13-14,17-18,20H2,1-4H3. The van der Waals surface area contributed by atoms with Crippen LogP contribution < -0.4 is 5.32 Å². The van der Waals surface area contributed by atoms with Crippen molar-refractivity contribution in [3.05, 3.63) is 31.0 Å². The zero-order chi connectivity index (χ0) is 25.4. The van der Waals surface area contributed by atoms with E-state index in [0.717, 1.165) is 74.0 Å². The summed E-state index contributed by atoms with van der Waals surface area (Å²) in [5, 5.41) is 18.8. The summed E-state index contributed by atoms with van der Waals surface area (Å²) in [7, 11) is -1.12. The van der Waals surface area contributed by atoms with Crippen LogP contribution in [0.25, 0.3) is 22.3 Å². The Hall–Kier alpha value is -2.58. The number of likely N-dealkylation sites (tertiary alicyclic amines) is 1. The molecule has 3 aromatic rings. The van der Waals surface area contributed by atoms with E-state index in [2.05, 4.69) is 65.1 Å². The second kappa shape index (κ2) is 9.71. The summed E-state index contributed by atoms with van der Waals surface area (Å²) >= 11 is 0. The maximum Gasteiger partial charge on any atom is 0.145 e. The second-order valence-electron chi connectivity index (χ2n) is 11.9. The molecule has 0 saturated carbocycles. The zero-order valence-electron chi connectivity index (χ0n) is 22.0. The molecule has 0 unspecified atom stereocenters. The third kappa shape index (κ3) is 4.85. The van der Waals surface area contributed by atoms with Crippen molar-refractivity contribution in [3.8, 4) is 17.3 Å². The van der Waals surface area contributed by atoms with Crippen molar-refractivity contribution in [2.45, 2.75) is 69.7 Å². The molecule has 36 heavy (non-hydrogen) atoms. The Bertz CT molecular complexity index is 1240. The van der Waals surface area contributed by atoms with Gasteiger partial charge in [-0.15, -0.1) is 0 Å². The lowest BCUT2D eigenvalue weighted by Crippen LogP contribution is -2.70. The fraction of sp³-hybridized carbons (Fsp3) is 0.615. The first kappa shape index (κ1) is 25.1. The van der Waals surface area contributed by atoms with Crippen molar-refractivity contribution < 1.29 is 4.74 Å². The minimum atomic E-state index is -1.12. The summed E-state index contributed by atoms with van der Waals surface area (Å²) in [6.45, 7) is 14.5. The SMILES string of the molecule is CC1(N2CC(CC#N)(n3cc(-c4ncnc5c4ccn5COCC[Si](C)(C)C)cn3)C2)CCNCC1. The summed E-state index contributed by atoms with van der Waals surface area (Å²) in [4.78, 5) is 11.7. The predicted octanol–water partition coefficient (Wildman–Crippen LogP) is 3.67. The van der Waals surface area contributed by atoms with E-state index in [1.807, 2.05) is 21.6 Å². The van der Waals surface area contributed by atoms with E-state index < -0.39 is 8.07 Å². The van der Waals surface area contributed by atoms with Crippen molar-refractivity contribution in [1.82, 2.24) is 34.5 Å². The molecule has 0 aromatic carbocycles. The molecule has 2 aliphatic heterocycles. The molecular formula is C26H38N8OSi. The highest BCUT2D eigenvalue weighted by atomic mass is 28.3. The maximum absolute atomic E-state index is 9.64. The smallest absolute Gasteiger partial charge is 0.145 e. The normalized spacial score (nSPS) is 19.8. The Morgan fingerprint density at radius 1 is 1.19 bits per heavy atom. The van der Waals surface area contributed by atoms with Gasteiger partial charge in [-0.1, -0.05) is 19.6 Å². The number of nitrogens with one attached hydrogen (secondary N) is 1. The van der Waals surface area contributed by atoms with Crippen molar-refractivity contribution in [1.29, 1.82) is 5.26 Å². The third-order valence-corrected chi connectivity index (χ3v) is 9.65. The van der Waals surface area contributed by atoms with E-state index in [9.17, 15) is 5.26 Å². The minimum absolute atomic E-state index is 0.194. The van der Waals surface area contributed by atoms with Crippen LogP contribution in [-0.4, -0.2) is 75.6 Å². The van der Waals surface area contributed by atoms with Gasteiger partial charge in [0.25, 0.3) is 0 Å². The van der Waals surface area contributed by atoms with Crippen LogP contribution in [0.15, 0.2) is 31.0 Å². The van der Waals surface area contributed by atoms with E-state index in [0.29, 0.717) is 13.2 Å². The van der Waals surface area contributed by atoms with E-state index in [-0.39, 0.29) is 11.1 Å². The highest BCUT2D eigenvalue weighted by Gasteiger charge is 2.51. The van der Waals surface area contributed by atoms with Crippen molar-refractivity contribution in [3.63, 3.8) is 0 Å². The van der Waals surface area contributed by atoms with Gasteiger partial charge in [-0.3, -0.25) is 9.58 Å². The molecule has 0 aliphatic carbocycles. The molecule has 0 atom stereocenters. The Morgan fingerprint density at radius 2 is 1.97 bits per heavy atom. The average Bonchev–Trinajstić information content (AvgIpc) is 3.46.